The van der Waals surface area contributed by atoms with Crippen LogP contribution in [0.2, 0.25) is 0 Å². The number of carbonyl (C=O) groups is 2. The van der Waals surface area contributed by atoms with Gasteiger partial charge in [0.05, 0.1) is 12.0 Å². The Labute approximate surface area is 177 Å². The van der Waals surface area contributed by atoms with Gasteiger partial charge < -0.3 is 29.1 Å². The molecule has 9 heteroatoms. The summed E-state index contributed by atoms with van der Waals surface area (Å²) in [4.78, 5) is 35.3. The van der Waals surface area contributed by atoms with E-state index in [4.69, 9.17) is 23.7 Å². The van der Waals surface area contributed by atoms with E-state index in [9.17, 15) is 14.4 Å². The molecule has 0 fully saturated rings. The van der Waals surface area contributed by atoms with Gasteiger partial charge in [-0.15, -0.1) is 0 Å². The van der Waals surface area contributed by atoms with Crippen molar-refractivity contribution in [3.8, 4) is 23.0 Å². The second kappa shape index (κ2) is 9.66. The third kappa shape index (κ3) is 5.33. The van der Waals surface area contributed by atoms with Gasteiger partial charge in [0.1, 0.15) is 23.6 Å². The average molecular weight is 427 g/mol. The van der Waals surface area contributed by atoms with E-state index < -0.39 is 17.9 Å². The maximum atomic E-state index is 12.8. The van der Waals surface area contributed by atoms with Gasteiger partial charge in [-0.05, 0) is 38.1 Å². The Morgan fingerprint density at radius 2 is 1.84 bits per heavy atom. The maximum Gasteiger partial charge on any atom is 0.325 e. The van der Waals surface area contributed by atoms with Gasteiger partial charge in [0.2, 0.25) is 11.2 Å². The molecule has 0 aliphatic rings. The van der Waals surface area contributed by atoms with E-state index in [0.29, 0.717) is 18.1 Å². The molecule has 2 N–H and O–H groups in total. The smallest absolute Gasteiger partial charge is 0.325 e. The third-order valence-corrected chi connectivity index (χ3v) is 4.20. The number of fused-ring (bicyclic) bond motifs is 1. The van der Waals surface area contributed by atoms with Gasteiger partial charge in [-0.25, -0.2) is 0 Å². The van der Waals surface area contributed by atoms with Crippen LogP contribution in [-0.4, -0.2) is 36.2 Å². The number of benzene rings is 2. The first-order valence-electron chi connectivity index (χ1n) is 9.49. The lowest BCUT2D eigenvalue weighted by Crippen LogP contribution is -2.40. The normalized spacial score (nSPS) is 11.5. The molecule has 0 aliphatic carbocycles. The van der Waals surface area contributed by atoms with Gasteiger partial charge in [0.15, 0.2) is 18.1 Å². The van der Waals surface area contributed by atoms with Gasteiger partial charge in [0.25, 0.3) is 5.91 Å². The predicted molar refractivity (Wildman–Crippen MR) is 111 cm³/mol. The molecule has 0 spiro atoms. The van der Waals surface area contributed by atoms with Crippen LogP contribution in [0.1, 0.15) is 13.8 Å². The van der Waals surface area contributed by atoms with Crippen LogP contribution in [0.4, 0.5) is 0 Å². The van der Waals surface area contributed by atoms with E-state index in [-0.39, 0.29) is 34.5 Å². The van der Waals surface area contributed by atoms with E-state index in [1.54, 1.807) is 24.3 Å². The minimum Gasteiger partial charge on any atom is -0.490 e. The zero-order valence-electron chi connectivity index (χ0n) is 16.9. The van der Waals surface area contributed by atoms with Crippen molar-refractivity contribution in [3.05, 3.63) is 59.0 Å². The molecule has 0 aliphatic heterocycles. The minimum absolute atomic E-state index is 0.00430. The number of hydrogen-bond acceptors (Lipinski definition) is 7. The lowest BCUT2D eigenvalue weighted by molar-refractivity contribution is -0.141. The summed E-state index contributed by atoms with van der Waals surface area (Å²) in [5, 5.41) is 11.3. The number of nitrogens with one attached hydrogen (secondary N) is 1. The van der Waals surface area contributed by atoms with Gasteiger partial charge in [-0.1, -0.05) is 12.1 Å². The number of para-hydroxylation sites is 2. The Bertz CT molecular complexity index is 1150. The number of amides is 1. The van der Waals surface area contributed by atoms with Crippen molar-refractivity contribution >= 4 is 22.8 Å². The van der Waals surface area contributed by atoms with Crippen molar-refractivity contribution in [2.24, 2.45) is 0 Å². The number of ether oxygens (including phenoxy) is 3. The van der Waals surface area contributed by atoms with Crippen LogP contribution < -0.4 is 25.0 Å². The fraction of sp³-hybridized carbons (Fsp3) is 0.227. The van der Waals surface area contributed by atoms with Crippen molar-refractivity contribution in [1.82, 2.24) is 5.32 Å². The number of hydrogen-bond donors (Lipinski definition) is 2. The zero-order chi connectivity index (χ0) is 22.4. The third-order valence-electron chi connectivity index (χ3n) is 4.20. The molecule has 0 saturated heterocycles. The lowest BCUT2D eigenvalue weighted by Gasteiger charge is -2.11. The fourth-order valence-corrected chi connectivity index (χ4v) is 2.67. The summed E-state index contributed by atoms with van der Waals surface area (Å²) in [5.41, 5.74) is -0.139. The first kappa shape index (κ1) is 21.7. The molecule has 1 unspecified atom stereocenters. The second-order valence-electron chi connectivity index (χ2n) is 6.48. The van der Waals surface area contributed by atoms with E-state index in [1.807, 2.05) is 6.92 Å². The van der Waals surface area contributed by atoms with Gasteiger partial charge >= 0.3 is 5.97 Å². The summed E-state index contributed by atoms with van der Waals surface area (Å²) in [6.45, 7) is 3.25. The highest BCUT2D eigenvalue weighted by Crippen LogP contribution is 2.31. The molecule has 3 aromatic rings. The summed E-state index contributed by atoms with van der Waals surface area (Å²) in [7, 11) is 0. The van der Waals surface area contributed by atoms with Gasteiger partial charge in [-0.2, -0.15) is 0 Å². The Morgan fingerprint density at radius 1 is 1.10 bits per heavy atom. The molecule has 9 nitrogen and oxygen atoms in total. The number of aliphatic carboxylic acids is 1. The Morgan fingerprint density at radius 3 is 2.55 bits per heavy atom. The average Bonchev–Trinajstić information content (AvgIpc) is 2.75. The summed E-state index contributed by atoms with van der Waals surface area (Å²) < 4.78 is 22.1. The van der Waals surface area contributed by atoms with E-state index in [0.717, 1.165) is 0 Å². The van der Waals surface area contributed by atoms with Crippen LogP contribution in [0.3, 0.4) is 0 Å². The first-order chi connectivity index (χ1) is 14.9. The van der Waals surface area contributed by atoms with Crippen molar-refractivity contribution in [1.29, 1.82) is 0 Å². The summed E-state index contributed by atoms with van der Waals surface area (Å²) in [6, 6.07) is 10.4. The van der Waals surface area contributed by atoms with E-state index in [1.165, 1.54) is 31.4 Å². The van der Waals surface area contributed by atoms with Crippen LogP contribution >= 0.6 is 0 Å². The Balaban J connectivity index is 1.75. The molecular formula is C22H21NO8. The highest BCUT2D eigenvalue weighted by molar-refractivity contribution is 5.84. The number of carboxylic acids is 1. The van der Waals surface area contributed by atoms with Crippen LogP contribution in [0.5, 0.6) is 23.0 Å². The highest BCUT2D eigenvalue weighted by Gasteiger charge is 2.15. The molecule has 1 amide bonds. The fourth-order valence-electron chi connectivity index (χ4n) is 2.67. The van der Waals surface area contributed by atoms with Crippen molar-refractivity contribution in [2.45, 2.75) is 19.9 Å². The summed E-state index contributed by atoms with van der Waals surface area (Å²) >= 11 is 0. The van der Waals surface area contributed by atoms with Crippen molar-refractivity contribution in [3.63, 3.8) is 0 Å². The topological polar surface area (TPSA) is 124 Å². The molecule has 2 aromatic carbocycles. The quantitative estimate of drug-likeness (QED) is 0.534. The number of carboxylic acid groups (broad SMARTS) is 1. The maximum absolute atomic E-state index is 12.8. The van der Waals surface area contributed by atoms with Crippen LogP contribution in [-0.2, 0) is 9.59 Å². The first-order valence-corrected chi connectivity index (χ1v) is 9.49. The minimum atomic E-state index is -1.15. The summed E-state index contributed by atoms with van der Waals surface area (Å²) in [5.74, 6) is -0.573. The van der Waals surface area contributed by atoms with Crippen molar-refractivity contribution in [2.75, 3.05) is 13.2 Å². The molecule has 0 bridgehead atoms. The molecule has 0 saturated carbocycles. The predicted octanol–water partition coefficient (Wildman–Crippen LogP) is 2.95. The van der Waals surface area contributed by atoms with Crippen molar-refractivity contribution < 1.29 is 33.3 Å². The monoisotopic (exact) mass is 427 g/mol. The highest BCUT2D eigenvalue weighted by atomic mass is 16.5. The van der Waals surface area contributed by atoms with E-state index in [2.05, 4.69) is 5.32 Å². The zero-order valence-corrected chi connectivity index (χ0v) is 16.9. The van der Waals surface area contributed by atoms with Gasteiger partial charge in [0, 0.05) is 6.07 Å². The van der Waals surface area contributed by atoms with Crippen LogP contribution in [0.15, 0.2) is 57.9 Å². The lowest BCUT2D eigenvalue weighted by atomic mass is 10.2. The molecular weight excluding hydrogens is 406 g/mol. The number of rotatable bonds is 9. The largest absolute Gasteiger partial charge is 0.490 e. The SMILES string of the molecule is CCOc1ccccc1Oc1coc2cc(OCC(=O)NC(C)C(=O)O)ccc2c1=O. The number of carbonyl (C=O) groups excluding carboxylic acids is 1. The molecule has 31 heavy (non-hydrogen) atoms. The molecule has 0 radical (unpaired) electrons. The molecule has 3 rings (SSSR count). The molecule has 1 atom stereocenters. The Hall–Kier alpha value is -4.01. The molecule has 162 valence electrons. The van der Waals surface area contributed by atoms with Crippen LogP contribution in [0.25, 0.3) is 11.0 Å². The molecule has 1 heterocycles. The van der Waals surface area contributed by atoms with Crippen LogP contribution in [0, 0.1) is 0 Å². The Kier molecular flexibility index (Phi) is 6.76. The summed E-state index contributed by atoms with van der Waals surface area (Å²) in [6.07, 6.45) is 1.19. The van der Waals surface area contributed by atoms with E-state index >= 15 is 0 Å². The van der Waals surface area contributed by atoms with Gasteiger partial charge in [-0.3, -0.25) is 14.4 Å². The second-order valence-corrected chi connectivity index (χ2v) is 6.48. The standard InChI is InChI=1S/C22H21NO8/c1-3-28-16-6-4-5-7-17(16)31-19-11-30-18-10-14(8-9-15(18)21(19)25)29-12-20(24)23-13(2)22(26)27/h4-11,13H,3,12H2,1-2H3,(H,23,24)(H,26,27). The molecule has 1 aromatic heterocycles.